The molecule has 2 heterocycles. The van der Waals surface area contributed by atoms with Gasteiger partial charge in [-0.15, -0.1) is 0 Å². The number of hydrogen-bond donors (Lipinski definition) is 1. The molecular weight excluding hydrogens is 329 g/mol. The molecule has 0 saturated heterocycles. The van der Waals surface area contributed by atoms with Gasteiger partial charge < -0.3 is 14.8 Å². The van der Waals surface area contributed by atoms with Crippen LogP contribution >= 0.6 is 0 Å². The molecule has 2 amide bonds. The molecule has 1 aliphatic heterocycles. The average molecular weight is 349 g/mol. The van der Waals surface area contributed by atoms with Crippen LogP contribution in [-0.2, 0) is 13.0 Å². The Morgan fingerprint density at radius 1 is 1.00 bits per heavy atom. The van der Waals surface area contributed by atoms with E-state index in [0.717, 1.165) is 24.2 Å². The summed E-state index contributed by atoms with van der Waals surface area (Å²) in [6, 6.07) is 20.0. The number of carbonyl (C=O) groups excluding carboxylic acids is 1. The Hall–Kier alpha value is -3.08. The van der Waals surface area contributed by atoms with Crippen LogP contribution in [0, 0.1) is 5.82 Å². The van der Waals surface area contributed by atoms with Crippen LogP contribution in [0.4, 0.5) is 14.9 Å². The van der Waals surface area contributed by atoms with Gasteiger partial charge in [0.2, 0.25) is 0 Å². The minimum Gasteiger partial charge on any atom is -0.348 e. The molecule has 1 N–H and O–H groups in total. The second-order valence-corrected chi connectivity index (χ2v) is 6.44. The third kappa shape index (κ3) is 3.20. The molecule has 26 heavy (non-hydrogen) atoms. The molecule has 0 saturated carbocycles. The highest BCUT2D eigenvalue weighted by Crippen LogP contribution is 2.30. The van der Waals surface area contributed by atoms with Gasteiger partial charge in [-0.05, 0) is 36.2 Å². The SMILES string of the molecule is O=C(Nc1ccccc1F)N1CCn2cccc2C1Cc1ccccc1. The zero-order chi connectivity index (χ0) is 17.9. The number of fused-ring (bicyclic) bond motifs is 1. The second-order valence-electron chi connectivity index (χ2n) is 6.44. The standard InChI is InChI=1S/C21H20FN3O/c22-17-9-4-5-10-18(17)23-21(26)25-14-13-24-12-6-11-19(24)20(25)15-16-7-2-1-3-8-16/h1-12,20H,13-15H2,(H,23,26). The number of urea groups is 1. The molecule has 0 fully saturated rings. The molecule has 2 aromatic carbocycles. The van der Waals surface area contributed by atoms with Crippen LogP contribution in [0.15, 0.2) is 72.9 Å². The predicted octanol–water partition coefficient (Wildman–Crippen LogP) is 4.46. The lowest BCUT2D eigenvalue weighted by Gasteiger charge is -2.37. The molecule has 0 radical (unpaired) electrons. The second kappa shape index (κ2) is 7.04. The van der Waals surface area contributed by atoms with Gasteiger partial charge in [-0.25, -0.2) is 9.18 Å². The molecular formula is C21H20FN3O. The van der Waals surface area contributed by atoms with Crippen LogP contribution in [0.5, 0.6) is 0 Å². The Labute approximate surface area is 151 Å². The number of benzene rings is 2. The van der Waals surface area contributed by atoms with Gasteiger partial charge in [0.1, 0.15) is 5.82 Å². The summed E-state index contributed by atoms with van der Waals surface area (Å²) in [4.78, 5) is 14.7. The molecule has 0 spiro atoms. The zero-order valence-corrected chi connectivity index (χ0v) is 14.3. The lowest BCUT2D eigenvalue weighted by atomic mass is 10.0. The molecule has 4 rings (SSSR count). The van der Waals surface area contributed by atoms with E-state index in [1.165, 1.54) is 6.07 Å². The first-order valence-electron chi connectivity index (χ1n) is 8.73. The smallest absolute Gasteiger partial charge is 0.322 e. The third-order valence-corrected chi connectivity index (χ3v) is 4.81. The molecule has 3 aromatic rings. The third-order valence-electron chi connectivity index (χ3n) is 4.81. The monoisotopic (exact) mass is 349 g/mol. The summed E-state index contributed by atoms with van der Waals surface area (Å²) in [5.41, 5.74) is 2.47. The first-order chi connectivity index (χ1) is 12.7. The van der Waals surface area contributed by atoms with Gasteiger partial charge in [-0.2, -0.15) is 0 Å². The summed E-state index contributed by atoms with van der Waals surface area (Å²) in [5.74, 6) is -0.430. The van der Waals surface area contributed by atoms with E-state index in [0.29, 0.717) is 6.54 Å². The Bertz CT molecular complexity index is 906. The maximum absolute atomic E-state index is 13.9. The van der Waals surface area contributed by atoms with E-state index in [-0.39, 0.29) is 17.8 Å². The minimum absolute atomic E-state index is 0.0899. The highest BCUT2D eigenvalue weighted by atomic mass is 19.1. The molecule has 0 aliphatic carbocycles. The van der Waals surface area contributed by atoms with Crippen LogP contribution in [0.3, 0.4) is 0 Å². The largest absolute Gasteiger partial charge is 0.348 e. The number of nitrogens with one attached hydrogen (secondary N) is 1. The normalized spacial score (nSPS) is 16.2. The fourth-order valence-corrected chi connectivity index (χ4v) is 3.51. The molecule has 1 unspecified atom stereocenters. The molecule has 5 heteroatoms. The van der Waals surface area contributed by atoms with Crippen molar-refractivity contribution in [1.29, 1.82) is 0 Å². The number of nitrogens with zero attached hydrogens (tertiary/aromatic N) is 2. The van der Waals surface area contributed by atoms with Crippen LogP contribution in [-0.4, -0.2) is 22.0 Å². The highest BCUT2D eigenvalue weighted by molar-refractivity contribution is 5.89. The Morgan fingerprint density at radius 2 is 1.77 bits per heavy atom. The fourth-order valence-electron chi connectivity index (χ4n) is 3.51. The molecule has 132 valence electrons. The van der Waals surface area contributed by atoms with Gasteiger partial charge in [0.05, 0.1) is 11.7 Å². The maximum atomic E-state index is 13.9. The van der Waals surface area contributed by atoms with Crippen molar-refractivity contribution in [3.05, 3.63) is 90.0 Å². The van der Waals surface area contributed by atoms with Crippen molar-refractivity contribution in [3.8, 4) is 0 Å². The number of hydrogen-bond acceptors (Lipinski definition) is 1. The molecule has 1 aromatic heterocycles. The van der Waals surface area contributed by atoms with Gasteiger partial charge >= 0.3 is 6.03 Å². The van der Waals surface area contributed by atoms with Crippen molar-refractivity contribution >= 4 is 11.7 Å². The number of rotatable bonds is 3. The number of aromatic nitrogens is 1. The zero-order valence-electron chi connectivity index (χ0n) is 14.3. The van der Waals surface area contributed by atoms with Gasteiger partial charge in [-0.1, -0.05) is 42.5 Å². The lowest BCUT2D eigenvalue weighted by molar-refractivity contribution is 0.167. The van der Waals surface area contributed by atoms with Crippen molar-refractivity contribution in [2.24, 2.45) is 0 Å². The van der Waals surface area contributed by atoms with Gasteiger partial charge in [0, 0.05) is 25.0 Å². The minimum atomic E-state index is -0.430. The predicted molar refractivity (Wildman–Crippen MR) is 99.4 cm³/mol. The maximum Gasteiger partial charge on any atom is 0.322 e. The number of carbonyl (C=O) groups is 1. The Balaban J connectivity index is 1.61. The summed E-state index contributed by atoms with van der Waals surface area (Å²) in [5, 5.41) is 2.72. The van der Waals surface area contributed by atoms with Crippen molar-refractivity contribution in [2.75, 3.05) is 11.9 Å². The van der Waals surface area contributed by atoms with Gasteiger partial charge in [0.15, 0.2) is 0 Å². The lowest BCUT2D eigenvalue weighted by Crippen LogP contribution is -2.45. The van der Waals surface area contributed by atoms with Crippen LogP contribution in [0.25, 0.3) is 0 Å². The van der Waals surface area contributed by atoms with Crippen LogP contribution in [0.1, 0.15) is 17.3 Å². The summed E-state index contributed by atoms with van der Waals surface area (Å²) < 4.78 is 16.1. The van der Waals surface area contributed by atoms with Gasteiger partial charge in [-0.3, -0.25) is 0 Å². The Kier molecular flexibility index (Phi) is 4.44. The molecule has 1 aliphatic rings. The van der Waals surface area contributed by atoms with Gasteiger partial charge in [0.25, 0.3) is 0 Å². The van der Waals surface area contributed by atoms with E-state index < -0.39 is 5.82 Å². The fraction of sp³-hybridized carbons (Fsp3) is 0.190. The number of para-hydroxylation sites is 1. The van der Waals surface area contributed by atoms with E-state index >= 15 is 0 Å². The van der Waals surface area contributed by atoms with Crippen molar-refractivity contribution in [3.63, 3.8) is 0 Å². The summed E-state index contributed by atoms with van der Waals surface area (Å²) in [6.07, 6.45) is 2.76. The summed E-state index contributed by atoms with van der Waals surface area (Å²) in [6.45, 7) is 1.32. The number of anilines is 1. The van der Waals surface area contributed by atoms with Crippen LogP contribution < -0.4 is 5.32 Å². The van der Waals surface area contributed by atoms with E-state index in [4.69, 9.17) is 0 Å². The van der Waals surface area contributed by atoms with E-state index in [1.807, 2.05) is 30.5 Å². The topological polar surface area (TPSA) is 37.3 Å². The average Bonchev–Trinajstić information content (AvgIpc) is 3.14. The summed E-state index contributed by atoms with van der Waals surface area (Å²) in [7, 11) is 0. The van der Waals surface area contributed by atoms with E-state index in [2.05, 4.69) is 28.1 Å². The van der Waals surface area contributed by atoms with Crippen molar-refractivity contribution in [1.82, 2.24) is 9.47 Å². The van der Waals surface area contributed by atoms with Crippen molar-refractivity contribution in [2.45, 2.75) is 19.0 Å². The van der Waals surface area contributed by atoms with E-state index in [1.54, 1.807) is 23.1 Å². The molecule has 4 nitrogen and oxygen atoms in total. The quantitative estimate of drug-likeness (QED) is 0.745. The first kappa shape index (κ1) is 16.4. The molecule has 1 atom stereocenters. The van der Waals surface area contributed by atoms with E-state index in [9.17, 15) is 9.18 Å². The van der Waals surface area contributed by atoms with Crippen LogP contribution in [0.2, 0.25) is 0 Å². The first-order valence-corrected chi connectivity index (χ1v) is 8.73. The Morgan fingerprint density at radius 3 is 2.58 bits per heavy atom. The number of amides is 2. The highest BCUT2D eigenvalue weighted by Gasteiger charge is 2.31. The van der Waals surface area contributed by atoms with Crippen molar-refractivity contribution < 1.29 is 9.18 Å². The summed E-state index contributed by atoms with van der Waals surface area (Å²) >= 11 is 0. The molecule has 0 bridgehead atoms. The number of halogens is 1.